The first-order valence-corrected chi connectivity index (χ1v) is 11.4. The maximum absolute atomic E-state index is 13.0. The van der Waals surface area contributed by atoms with Gasteiger partial charge in [0.25, 0.3) is 11.8 Å². The highest BCUT2D eigenvalue weighted by Crippen LogP contribution is 2.16. The zero-order valence-electron chi connectivity index (χ0n) is 20.1. The summed E-state index contributed by atoms with van der Waals surface area (Å²) in [6.07, 6.45) is 0.863. The summed E-state index contributed by atoms with van der Waals surface area (Å²) in [5.74, 6) is -1.59. The van der Waals surface area contributed by atoms with Gasteiger partial charge >= 0.3 is 6.03 Å². The predicted molar refractivity (Wildman–Crippen MR) is 123 cm³/mol. The SMILES string of the molecule is Cc1cccc(Cc2nnc(C(=O)[C@@H](NC(=O)CN3C(=O)N[C@@H](CC(C)C)C3=O)C(C)C)o2)c1. The summed E-state index contributed by atoms with van der Waals surface area (Å²) in [5.41, 5.74) is 2.07. The Morgan fingerprint density at radius 2 is 1.91 bits per heavy atom. The van der Waals surface area contributed by atoms with Crippen LogP contribution in [0.3, 0.4) is 0 Å². The smallest absolute Gasteiger partial charge is 0.325 e. The molecule has 0 spiro atoms. The number of hydrogen-bond donors (Lipinski definition) is 2. The quantitative estimate of drug-likeness (QED) is 0.402. The van der Waals surface area contributed by atoms with E-state index in [-0.39, 0.29) is 17.7 Å². The normalized spacial score (nSPS) is 16.8. The minimum absolute atomic E-state index is 0.200. The summed E-state index contributed by atoms with van der Waals surface area (Å²) in [5, 5.41) is 13.0. The van der Waals surface area contributed by atoms with Gasteiger partial charge in [-0.25, -0.2) is 4.79 Å². The molecule has 1 aliphatic heterocycles. The first-order chi connectivity index (χ1) is 16.0. The second-order valence-electron chi connectivity index (χ2n) is 9.38. The lowest BCUT2D eigenvalue weighted by Gasteiger charge is -2.21. The maximum atomic E-state index is 13.0. The van der Waals surface area contributed by atoms with Crippen molar-refractivity contribution in [3.8, 4) is 0 Å². The van der Waals surface area contributed by atoms with Gasteiger partial charge in [0.05, 0.1) is 12.5 Å². The molecule has 2 heterocycles. The highest BCUT2D eigenvalue weighted by Gasteiger charge is 2.39. The van der Waals surface area contributed by atoms with Gasteiger partial charge in [-0.05, 0) is 30.7 Å². The van der Waals surface area contributed by atoms with E-state index in [0.29, 0.717) is 18.7 Å². The molecule has 1 fully saturated rings. The Bertz CT molecular complexity index is 1080. The fraction of sp³-hybridized carbons (Fsp3) is 0.500. The highest BCUT2D eigenvalue weighted by molar-refractivity contribution is 6.07. The number of Topliss-reactive ketones (excluding diaryl/α,β-unsaturated/α-hetero) is 1. The number of nitrogens with zero attached hydrogens (tertiary/aromatic N) is 3. The Labute approximate surface area is 198 Å². The maximum Gasteiger partial charge on any atom is 0.325 e. The molecule has 0 bridgehead atoms. The van der Waals surface area contributed by atoms with E-state index in [1.807, 2.05) is 45.0 Å². The summed E-state index contributed by atoms with van der Waals surface area (Å²) in [6.45, 7) is 8.91. The predicted octanol–water partition coefficient (Wildman–Crippen LogP) is 2.26. The standard InChI is InChI=1S/C24H31N5O5/c1-13(2)9-17-23(32)29(24(33)25-17)12-18(30)26-20(14(3)4)21(31)22-28-27-19(34-22)11-16-8-6-7-15(5)10-16/h6-8,10,13-14,17,20H,9,11-12H2,1-5H3,(H,25,33)(H,26,30)/t17-,20-/m0/s1. The number of amides is 4. The molecule has 1 aliphatic rings. The van der Waals surface area contributed by atoms with Gasteiger partial charge in [-0.3, -0.25) is 19.3 Å². The highest BCUT2D eigenvalue weighted by atomic mass is 16.4. The third kappa shape index (κ3) is 6.06. The number of imide groups is 1. The van der Waals surface area contributed by atoms with E-state index in [1.165, 1.54) is 0 Å². The summed E-state index contributed by atoms with van der Waals surface area (Å²) >= 11 is 0. The molecule has 2 atom stereocenters. The van der Waals surface area contributed by atoms with Crippen LogP contribution in [0.1, 0.15) is 61.8 Å². The number of nitrogens with one attached hydrogen (secondary N) is 2. The molecule has 4 amide bonds. The minimum atomic E-state index is -0.952. The number of carbonyl (C=O) groups is 4. The Morgan fingerprint density at radius 1 is 1.18 bits per heavy atom. The van der Waals surface area contributed by atoms with Crippen LogP contribution in [0, 0.1) is 18.8 Å². The Morgan fingerprint density at radius 3 is 2.56 bits per heavy atom. The van der Waals surface area contributed by atoms with Crippen LogP contribution in [0.25, 0.3) is 0 Å². The van der Waals surface area contributed by atoms with E-state index in [0.717, 1.165) is 16.0 Å². The molecule has 1 aromatic heterocycles. The van der Waals surface area contributed by atoms with Crippen LogP contribution in [0.5, 0.6) is 0 Å². The first kappa shape index (κ1) is 25.1. The molecule has 1 aromatic carbocycles. The van der Waals surface area contributed by atoms with Crippen molar-refractivity contribution < 1.29 is 23.6 Å². The van der Waals surface area contributed by atoms with E-state index >= 15 is 0 Å². The van der Waals surface area contributed by atoms with Crippen molar-refractivity contribution in [1.29, 1.82) is 0 Å². The van der Waals surface area contributed by atoms with Gasteiger partial charge in [-0.1, -0.05) is 57.5 Å². The monoisotopic (exact) mass is 469 g/mol. The summed E-state index contributed by atoms with van der Waals surface area (Å²) in [7, 11) is 0. The lowest BCUT2D eigenvalue weighted by molar-refractivity contribution is -0.132. The van der Waals surface area contributed by atoms with Gasteiger partial charge in [0, 0.05) is 0 Å². The molecule has 3 rings (SSSR count). The molecule has 10 heteroatoms. The Balaban J connectivity index is 1.64. The van der Waals surface area contributed by atoms with E-state index in [9.17, 15) is 19.2 Å². The molecule has 2 aromatic rings. The molecule has 34 heavy (non-hydrogen) atoms. The molecule has 10 nitrogen and oxygen atoms in total. The first-order valence-electron chi connectivity index (χ1n) is 11.4. The van der Waals surface area contributed by atoms with Crippen molar-refractivity contribution in [2.75, 3.05) is 6.54 Å². The number of benzene rings is 1. The van der Waals surface area contributed by atoms with Gasteiger partial charge in [0.15, 0.2) is 0 Å². The van der Waals surface area contributed by atoms with Crippen molar-refractivity contribution >= 4 is 23.6 Å². The second-order valence-corrected chi connectivity index (χ2v) is 9.38. The number of rotatable bonds is 10. The Kier molecular flexibility index (Phi) is 7.80. The van der Waals surface area contributed by atoms with Gasteiger partial charge in [0.1, 0.15) is 12.6 Å². The van der Waals surface area contributed by atoms with E-state index in [4.69, 9.17) is 4.42 Å². The summed E-state index contributed by atoms with van der Waals surface area (Å²) in [4.78, 5) is 51.2. The summed E-state index contributed by atoms with van der Waals surface area (Å²) in [6, 6.07) is 5.61. The molecule has 182 valence electrons. The van der Waals surface area contributed by atoms with Gasteiger partial charge in [-0.15, -0.1) is 10.2 Å². The van der Waals surface area contributed by atoms with Crippen LogP contribution in [-0.2, 0) is 16.0 Å². The van der Waals surface area contributed by atoms with E-state index in [1.54, 1.807) is 13.8 Å². The van der Waals surface area contributed by atoms with Gasteiger partial charge < -0.3 is 15.1 Å². The lowest BCUT2D eigenvalue weighted by Crippen LogP contribution is -2.49. The zero-order chi connectivity index (χ0) is 25.0. The molecular formula is C24H31N5O5. The second kappa shape index (κ2) is 10.6. The van der Waals surface area contributed by atoms with Crippen LogP contribution in [-0.4, -0.2) is 57.4 Å². The van der Waals surface area contributed by atoms with Gasteiger partial charge in [0.2, 0.25) is 17.6 Å². The van der Waals surface area contributed by atoms with E-state index < -0.39 is 42.3 Å². The summed E-state index contributed by atoms with van der Waals surface area (Å²) < 4.78 is 5.57. The average Bonchev–Trinajstić information content (AvgIpc) is 3.31. The van der Waals surface area contributed by atoms with Gasteiger partial charge in [-0.2, -0.15) is 0 Å². The minimum Gasteiger partial charge on any atom is -0.418 e. The number of urea groups is 1. The molecule has 2 N–H and O–H groups in total. The fourth-order valence-corrected chi connectivity index (χ4v) is 3.81. The molecule has 0 radical (unpaired) electrons. The van der Waals surface area contributed by atoms with Crippen molar-refractivity contribution in [1.82, 2.24) is 25.7 Å². The van der Waals surface area contributed by atoms with Crippen LogP contribution in [0.15, 0.2) is 28.7 Å². The lowest BCUT2D eigenvalue weighted by atomic mass is 9.99. The van der Waals surface area contributed by atoms with Crippen LogP contribution < -0.4 is 10.6 Å². The van der Waals surface area contributed by atoms with Crippen molar-refractivity contribution in [2.45, 2.75) is 59.5 Å². The average molecular weight is 470 g/mol. The molecular weight excluding hydrogens is 438 g/mol. The van der Waals surface area contributed by atoms with Crippen LogP contribution in [0.4, 0.5) is 4.79 Å². The van der Waals surface area contributed by atoms with Crippen LogP contribution in [0.2, 0.25) is 0 Å². The van der Waals surface area contributed by atoms with Crippen molar-refractivity contribution in [2.24, 2.45) is 11.8 Å². The largest absolute Gasteiger partial charge is 0.418 e. The molecule has 0 aliphatic carbocycles. The molecule has 0 unspecified atom stereocenters. The molecule has 1 saturated heterocycles. The third-order valence-electron chi connectivity index (χ3n) is 5.50. The Hall–Kier alpha value is -3.56. The number of ketones is 1. The number of carbonyl (C=O) groups excluding carboxylic acids is 4. The topological polar surface area (TPSA) is 134 Å². The van der Waals surface area contributed by atoms with E-state index in [2.05, 4.69) is 20.8 Å². The molecule has 0 saturated carbocycles. The van der Waals surface area contributed by atoms with Crippen molar-refractivity contribution in [3.63, 3.8) is 0 Å². The number of aromatic nitrogens is 2. The van der Waals surface area contributed by atoms with Crippen LogP contribution >= 0.6 is 0 Å². The fourth-order valence-electron chi connectivity index (χ4n) is 3.81. The number of hydrogen-bond acceptors (Lipinski definition) is 7. The number of aryl methyl sites for hydroxylation is 1. The van der Waals surface area contributed by atoms with Crippen molar-refractivity contribution in [3.05, 3.63) is 47.2 Å². The zero-order valence-corrected chi connectivity index (χ0v) is 20.1. The third-order valence-corrected chi connectivity index (χ3v) is 5.50.